The molecule has 4 rings (SSSR count). The van der Waals surface area contributed by atoms with Crippen LogP contribution in [0.4, 0.5) is 5.69 Å². The molecule has 7 heteroatoms. The second-order valence-electron chi connectivity index (χ2n) is 8.06. The summed E-state index contributed by atoms with van der Waals surface area (Å²) in [6.45, 7) is 2.25. The zero-order valence-electron chi connectivity index (χ0n) is 18.6. The van der Waals surface area contributed by atoms with Crippen molar-refractivity contribution in [1.29, 1.82) is 0 Å². The Morgan fingerprint density at radius 1 is 1.03 bits per heavy atom. The van der Waals surface area contributed by atoms with E-state index in [1.54, 1.807) is 36.4 Å². The Hall–Kier alpha value is -3.35. The molecule has 33 heavy (non-hydrogen) atoms. The lowest BCUT2D eigenvalue weighted by Crippen LogP contribution is -2.41. The molecule has 3 aromatic carbocycles. The fourth-order valence-corrected chi connectivity index (χ4v) is 4.26. The van der Waals surface area contributed by atoms with Gasteiger partial charge in [0.25, 0.3) is 5.91 Å². The van der Waals surface area contributed by atoms with Crippen molar-refractivity contribution in [3.8, 4) is 11.5 Å². The number of nitrogens with zero attached hydrogens (tertiary/aromatic N) is 1. The quantitative estimate of drug-likeness (QED) is 0.513. The first-order valence-corrected chi connectivity index (χ1v) is 10.8. The van der Waals surface area contributed by atoms with E-state index in [9.17, 15) is 14.7 Å². The number of hydrogen-bond donors (Lipinski definition) is 1. The van der Waals surface area contributed by atoms with Crippen LogP contribution in [-0.4, -0.2) is 31.0 Å². The summed E-state index contributed by atoms with van der Waals surface area (Å²) in [6, 6.07) is 17.5. The molecule has 0 aliphatic carbocycles. The average Bonchev–Trinajstić information content (AvgIpc) is 3.01. The number of carbonyl (C=O) groups is 2. The van der Waals surface area contributed by atoms with Gasteiger partial charge in [-0.05, 0) is 42.8 Å². The highest BCUT2D eigenvalue weighted by atomic mass is 35.5. The van der Waals surface area contributed by atoms with Crippen molar-refractivity contribution < 1.29 is 24.2 Å². The maximum atomic E-state index is 13.5. The number of halogens is 1. The molecule has 0 spiro atoms. The van der Waals surface area contributed by atoms with Gasteiger partial charge in [0.15, 0.2) is 11.4 Å². The molecule has 0 bridgehead atoms. The molecule has 0 radical (unpaired) electrons. The van der Waals surface area contributed by atoms with Crippen molar-refractivity contribution in [2.24, 2.45) is 0 Å². The maximum absolute atomic E-state index is 13.5. The van der Waals surface area contributed by atoms with Crippen LogP contribution in [0, 0.1) is 6.92 Å². The second-order valence-corrected chi connectivity index (χ2v) is 8.50. The largest absolute Gasteiger partial charge is 0.497 e. The highest BCUT2D eigenvalue weighted by Gasteiger charge is 2.51. The number of carbonyl (C=O) groups excluding carboxylic acids is 2. The van der Waals surface area contributed by atoms with Crippen LogP contribution in [0.5, 0.6) is 11.5 Å². The van der Waals surface area contributed by atoms with Crippen molar-refractivity contribution >= 4 is 29.0 Å². The molecule has 170 valence electrons. The minimum absolute atomic E-state index is 0.250. The van der Waals surface area contributed by atoms with Crippen LogP contribution in [0.2, 0.25) is 5.02 Å². The molecular formula is C26H24ClNO5. The predicted octanol–water partition coefficient (Wildman–Crippen LogP) is 4.67. The summed E-state index contributed by atoms with van der Waals surface area (Å²) in [7, 11) is 2.96. The van der Waals surface area contributed by atoms with Gasteiger partial charge in [0.1, 0.15) is 11.5 Å². The number of fused-ring (bicyclic) bond motifs is 1. The van der Waals surface area contributed by atoms with E-state index in [2.05, 4.69) is 0 Å². The number of methoxy groups -OCH3 is 2. The minimum Gasteiger partial charge on any atom is -0.497 e. The number of rotatable bonds is 7. The van der Waals surface area contributed by atoms with Gasteiger partial charge >= 0.3 is 0 Å². The summed E-state index contributed by atoms with van der Waals surface area (Å²) < 4.78 is 10.5. The van der Waals surface area contributed by atoms with Gasteiger partial charge in [-0.2, -0.15) is 0 Å². The van der Waals surface area contributed by atoms with E-state index in [-0.39, 0.29) is 12.1 Å². The third kappa shape index (κ3) is 4.19. The van der Waals surface area contributed by atoms with Crippen molar-refractivity contribution in [1.82, 2.24) is 0 Å². The maximum Gasteiger partial charge on any atom is 0.264 e. The SMILES string of the molecule is COc1ccc(C(=O)C[C@@]2(O)C(=O)N(Cc3ccc(C)cc3)c3ccc(Cl)cc32)c(OC)c1. The van der Waals surface area contributed by atoms with Gasteiger partial charge in [-0.25, -0.2) is 0 Å². The van der Waals surface area contributed by atoms with Crippen molar-refractivity contribution in [2.45, 2.75) is 25.5 Å². The number of anilines is 1. The van der Waals surface area contributed by atoms with E-state index < -0.39 is 23.7 Å². The first-order chi connectivity index (χ1) is 15.8. The molecular weight excluding hydrogens is 442 g/mol. The molecule has 0 saturated heterocycles. The molecule has 0 saturated carbocycles. The van der Waals surface area contributed by atoms with Crippen LogP contribution in [0.25, 0.3) is 0 Å². The normalized spacial score (nSPS) is 17.1. The number of aliphatic hydroxyl groups is 1. The topological polar surface area (TPSA) is 76.1 Å². The number of ether oxygens (including phenoxy) is 2. The van der Waals surface area contributed by atoms with E-state index in [1.165, 1.54) is 19.1 Å². The van der Waals surface area contributed by atoms with Gasteiger partial charge < -0.3 is 19.5 Å². The minimum atomic E-state index is -2.05. The van der Waals surface area contributed by atoms with E-state index in [4.69, 9.17) is 21.1 Å². The lowest BCUT2D eigenvalue weighted by Gasteiger charge is -2.23. The first-order valence-electron chi connectivity index (χ1n) is 10.4. The predicted molar refractivity (Wildman–Crippen MR) is 126 cm³/mol. The van der Waals surface area contributed by atoms with Crippen LogP contribution in [0.1, 0.15) is 33.5 Å². The second kappa shape index (κ2) is 8.89. The monoisotopic (exact) mass is 465 g/mol. The highest BCUT2D eigenvalue weighted by Crippen LogP contribution is 2.45. The standard InChI is InChI=1S/C26H24ClNO5/c1-16-4-6-17(7-5-16)15-28-22-11-8-18(27)12-21(22)26(31,25(28)30)14-23(29)20-10-9-19(32-2)13-24(20)33-3/h4-13,31H,14-15H2,1-3H3/t26-/m0/s1. The summed E-state index contributed by atoms with van der Waals surface area (Å²) >= 11 is 6.20. The molecule has 1 atom stereocenters. The van der Waals surface area contributed by atoms with Crippen LogP contribution in [0.15, 0.2) is 60.7 Å². The summed E-state index contributed by atoms with van der Waals surface area (Å²) in [4.78, 5) is 28.3. The molecule has 6 nitrogen and oxygen atoms in total. The van der Waals surface area contributed by atoms with E-state index >= 15 is 0 Å². The van der Waals surface area contributed by atoms with E-state index in [0.29, 0.717) is 27.8 Å². The Balaban J connectivity index is 1.70. The zero-order valence-corrected chi connectivity index (χ0v) is 19.3. The van der Waals surface area contributed by atoms with Gasteiger partial charge in [-0.3, -0.25) is 9.59 Å². The lowest BCUT2D eigenvalue weighted by atomic mass is 9.88. The highest BCUT2D eigenvalue weighted by molar-refractivity contribution is 6.31. The Kier molecular flexibility index (Phi) is 6.15. The number of aryl methyl sites for hydroxylation is 1. The van der Waals surface area contributed by atoms with Crippen LogP contribution in [-0.2, 0) is 16.9 Å². The van der Waals surface area contributed by atoms with Gasteiger partial charge in [0.05, 0.1) is 38.4 Å². The van der Waals surface area contributed by atoms with E-state index in [0.717, 1.165) is 11.1 Å². The molecule has 0 aromatic heterocycles. The molecule has 1 N–H and O–H groups in total. The Bertz CT molecular complexity index is 1220. The molecule has 3 aromatic rings. The van der Waals surface area contributed by atoms with Gasteiger partial charge in [-0.15, -0.1) is 0 Å². The zero-order chi connectivity index (χ0) is 23.8. The van der Waals surface area contributed by atoms with Gasteiger partial charge in [-0.1, -0.05) is 41.4 Å². The summed E-state index contributed by atoms with van der Waals surface area (Å²) in [5, 5.41) is 12.0. The molecule has 1 aliphatic rings. The summed E-state index contributed by atoms with van der Waals surface area (Å²) in [6.07, 6.45) is -0.452. The van der Waals surface area contributed by atoms with Gasteiger partial charge in [0.2, 0.25) is 0 Å². The lowest BCUT2D eigenvalue weighted by molar-refractivity contribution is -0.136. The van der Waals surface area contributed by atoms with Crippen molar-refractivity contribution in [3.63, 3.8) is 0 Å². The third-order valence-electron chi connectivity index (χ3n) is 5.88. The summed E-state index contributed by atoms with van der Waals surface area (Å²) in [5.41, 5.74) is 1.05. The van der Waals surface area contributed by atoms with Crippen molar-refractivity contribution in [2.75, 3.05) is 19.1 Å². The molecule has 1 amide bonds. The molecule has 1 heterocycles. The number of hydrogen-bond acceptors (Lipinski definition) is 5. The Morgan fingerprint density at radius 2 is 1.76 bits per heavy atom. The van der Waals surface area contributed by atoms with Crippen molar-refractivity contribution in [3.05, 3.63) is 87.9 Å². The summed E-state index contributed by atoms with van der Waals surface area (Å²) in [5.74, 6) is -0.175. The first kappa shape index (κ1) is 22.8. The van der Waals surface area contributed by atoms with Crippen LogP contribution >= 0.6 is 11.6 Å². The molecule has 0 fully saturated rings. The molecule has 0 unspecified atom stereocenters. The number of Topliss-reactive ketones (excluding diaryl/α,β-unsaturated/α-hetero) is 1. The Morgan fingerprint density at radius 3 is 2.42 bits per heavy atom. The van der Waals surface area contributed by atoms with Crippen LogP contribution < -0.4 is 14.4 Å². The molecule has 1 aliphatic heterocycles. The number of ketones is 1. The smallest absolute Gasteiger partial charge is 0.264 e. The third-order valence-corrected chi connectivity index (χ3v) is 6.12. The van der Waals surface area contributed by atoms with Gasteiger partial charge in [0, 0.05) is 16.7 Å². The Labute approximate surface area is 197 Å². The fraction of sp³-hybridized carbons (Fsp3) is 0.231. The number of benzene rings is 3. The fourth-order valence-electron chi connectivity index (χ4n) is 4.08. The van der Waals surface area contributed by atoms with E-state index in [1.807, 2.05) is 31.2 Å². The average molecular weight is 466 g/mol. The van der Waals surface area contributed by atoms with Crippen LogP contribution in [0.3, 0.4) is 0 Å². The number of amides is 1.